The SMILES string of the molecule is NC(=O)CCC(NS(=O)(=O)c1cc(F)ccc1F)C(=O)O. The summed E-state index contributed by atoms with van der Waals surface area (Å²) >= 11 is 0. The Balaban J connectivity index is 3.03. The molecule has 1 amide bonds. The summed E-state index contributed by atoms with van der Waals surface area (Å²) in [6.07, 6.45) is -0.800. The Morgan fingerprint density at radius 3 is 2.48 bits per heavy atom. The highest BCUT2D eigenvalue weighted by Gasteiger charge is 2.28. The maximum absolute atomic E-state index is 13.4. The molecule has 1 aromatic carbocycles. The molecule has 1 atom stereocenters. The molecule has 0 bridgehead atoms. The monoisotopic (exact) mass is 322 g/mol. The van der Waals surface area contributed by atoms with Gasteiger partial charge in [-0.3, -0.25) is 9.59 Å². The minimum Gasteiger partial charge on any atom is -0.480 e. The van der Waals surface area contributed by atoms with Crippen molar-refractivity contribution in [1.82, 2.24) is 4.72 Å². The summed E-state index contributed by atoms with van der Waals surface area (Å²) in [7, 11) is -4.60. The van der Waals surface area contributed by atoms with Gasteiger partial charge in [-0.15, -0.1) is 0 Å². The lowest BCUT2D eigenvalue weighted by Crippen LogP contribution is -2.41. The zero-order valence-corrected chi connectivity index (χ0v) is 11.4. The van der Waals surface area contributed by atoms with E-state index in [0.29, 0.717) is 12.1 Å². The number of halogens is 2. The normalized spacial score (nSPS) is 12.9. The second kappa shape index (κ2) is 6.59. The Morgan fingerprint density at radius 1 is 1.33 bits per heavy atom. The first-order valence-corrected chi connectivity index (χ1v) is 7.10. The fourth-order valence-corrected chi connectivity index (χ4v) is 2.77. The van der Waals surface area contributed by atoms with E-state index in [-0.39, 0.29) is 6.42 Å². The molecule has 116 valence electrons. The second-order valence-electron chi connectivity index (χ2n) is 4.09. The van der Waals surface area contributed by atoms with Crippen LogP contribution in [-0.2, 0) is 19.6 Å². The number of carboxylic acids is 1. The average molecular weight is 322 g/mol. The van der Waals surface area contributed by atoms with E-state index >= 15 is 0 Å². The molecule has 0 spiro atoms. The van der Waals surface area contributed by atoms with Crippen molar-refractivity contribution in [2.75, 3.05) is 0 Å². The topological polar surface area (TPSA) is 127 Å². The first-order valence-electron chi connectivity index (χ1n) is 5.62. The van der Waals surface area contributed by atoms with E-state index in [2.05, 4.69) is 0 Å². The van der Waals surface area contributed by atoms with E-state index in [1.54, 1.807) is 4.72 Å². The third-order valence-corrected chi connectivity index (χ3v) is 3.94. The Bertz CT molecular complexity index is 663. The van der Waals surface area contributed by atoms with E-state index in [1.165, 1.54) is 0 Å². The highest BCUT2D eigenvalue weighted by Crippen LogP contribution is 2.16. The van der Waals surface area contributed by atoms with E-state index in [9.17, 15) is 26.8 Å². The zero-order valence-electron chi connectivity index (χ0n) is 10.5. The van der Waals surface area contributed by atoms with Crippen LogP contribution in [0, 0.1) is 11.6 Å². The lowest BCUT2D eigenvalue weighted by Gasteiger charge is -2.14. The van der Waals surface area contributed by atoms with E-state index in [4.69, 9.17) is 10.8 Å². The first kappa shape index (κ1) is 17.0. The fourth-order valence-electron chi connectivity index (χ4n) is 1.45. The maximum Gasteiger partial charge on any atom is 0.321 e. The van der Waals surface area contributed by atoms with Crippen molar-refractivity contribution in [3.63, 3.8) is 0 Å². The summed E-state index contributed by atoms with van der Waals surface area (Å²) in [6.45, 7) is 0. The van der Waals surface area contributed by atoms with Crippen LogP contribution >= 0.6 is 0 Å². The minimum absolute atomic E-state index is 0.384. The summed E-state index contributed by atoms with van der Waals surface area (Å²) in [6, 6.07) is 0.0503. The molecule has 0 saturated carbocycles. The molecule has 1 rings (SSSR count). The molecule has 10 heteroatoms. The molecule has 0 aliphatic rings. The van der Waals surface area contributed by atoms with Crippen molar-refractivity contribution in [3.05, 3.63) is 29.8 Å². The van der Waals surface area contributed by atoms with Crippen molar-refractivity contribution in [2.45, 2.75) is 23.8 Å². The lowest BCUT2D eigenvalue weighted by molar-refractivity contribution is -0.139. The Kier molecular flexibility index (Phi) is 5.33. The largest absolute Gasteiger partial charge is 0.480 e. The van der Waals surface area contributed by atoms with Crippen LogP contribution in [0.25, 0.3) is 0 Å². The summed E-state index contributed by atoms with van der Waals surface area (Å²) in [4.78, 5) is 20.5. The molecule has 0 fully saturated rings. The van der Waals surface area contributed by atoms with Crippen molar-refractivity contribution in [2.24, 2.45) is 5.73 Å². The zero-order chi connectivity index (χ0) is 16.2. The van der Waals surface area contributed by atoms with Crippen LogP contribution in [0.2, 0.25) is 0 Å². The summed E-state index contributed by atoms with van der Waals surface area (Å²) in [5.74, 6) is -4.63. The lowest BCUT2D eigenvalue weighted by atomic mass is 10.2. The van der Waals surface area contributed by atoms with Gasteiger partial charge in [0.15, 0.2) is 0 Å². The molecule has 21 heavy (non-hydrogen) atoms. The molecule has 1 unspecified atom stereocenters. The van der Waals surface area contributed by atoms with Crippen LogP contribution in [0.15, 0.2) is 23.1 Å². The van der Waals surface area contributed by atoms with Gasteiger partial charge in [0, 0.05) is 6.42 Å². The minimum atomic E-state index is -4.60. The van der Waals surface area contributed by atoms with Crippen LogP contribution in [0.1, 0.15) is 12.8 Å². The number of hydrogen-bond acceptors (Lipinski definition) is 4. The maximum atomic E-state index is 13.4. The van der Waals surface area contributed by atoms with Crippen LogP contribution in [0.4, 0.5) is 8.78 Å². The molecule has 7 nitrogen and oxygen atoms in total. The average Bonchev–Trinajstić information content (AvgIpc) is 2.36. The molecule has 0 radical (unpaired) electrons. The number of nitrogens with one attached hydrogen (secondary N) is 1. The highest BCUT2D eigenvalue weighted by atomic mass is 32.2. The Morgan fingerprint density at radius 2 is 1.95 bits per heavy atom. The predicted molar refractivity (Wildman–Crippen MR) is 66.5 cm³/mol. The molecular weight excluding hydrogens is 310 g/mol. The standard InChI is InChI=1S/C11H12F2N2O5S/c12-6-1-2-7(13)9(5-6)21(19,20)15-8(11(17)18)3-4-10(14)16/h1-2,5,8,15H,3-4H2,(H2,14,16)(H,17,18). The van der Waals surface area contributed by atoms with Crippen molar-refractivity contribution in [3.8, 4) is 0 Å². The van der Waals surface area contributed by atoms with E-state index in [1.807, 2.05) is 0 Å². The number of benzene rings is 1. The van der Waals surface area contributed by atoms with Gasteiger partial charge in [-0.2, -0.15) is 4.72 Å². The van der Waals surface area contributed by atoms with Gasteiger partial charge in [0.1, 0.15) is 22.6 Å². The molecule has 0 aromatic heterocycles. The molecular formula is C11H12F2N2O5S. The van der Waals surface area contributed by atoms with Gasteiger partial charge in [-0.05, 0) is 24.6 Å². The van der Waals surface area contributed by atoms with E-state index < -0.39 is 50.9 Å². The number of carbonyl (C=O) groups excluding carboxylic acids is 1. The third kappa shape index (κ3) is 4.76. The number of hydrogen-bond donors (Lipinski definition) is 3. The van der Waals surface area contributed by atoms with Gasteiger partial charge >= 0.3 is 5.97 Å². The summed E-state index contributed by atoms with van der Waals surface area (Å²) in [5, 5.41) is 8.87. The number of aliphatic carboxylic acids is 1. The number of rotatable bonds is 7. The van der Waals surface area contributed by atoms with Gasteiger partial charge in [-0.25, -0.2) is 17.2 Å². The second-order valence-corrected chi connectivity index (χ2v) is 5.77. The molecule has 0 aliphatic carbocycles. The molecule has 4 N–H and O–H groups in total. The first-order chi connectivity index (χ1) is 9.63. The van der Waals surface area contributed by atoms with Gasteiger partial charge in [0.25, 0.3) is 0 Å². The van der Waals surface area contributed by atoms with Crippen LogP contribution in [-0.4, -0.2) is 31.4 Å². The predicted octanol–water partition coefficient (Wildman–Crippen LogP) is -0.0382. The van der Waals surface area contributed by atoms with Gasteiger partial charge in [0.2, 0.25) is 15.9 Å². The van der Waals surface area contributed by atoms with Gasteiger partial charge in [0.05, 0.1) is 0 Å². The highest BCUT2D eigenvalue weighted by molar-refractivity contribution is 7.89. The van der Waals surface area contributed by atoms with E-state index in [0.717, 1.165) is 6.07 Å². The number of sulfonamides is 1. The van der Waals surface area contributed by atoms with Crippen LogP contribution in [0.5, 0.6) is 0 Å². The summed E-state index contributed by atoms with van der Waals surface area (Å²) < 4.78 is 51.8. The smallest absolute Gasteiger partial charge is 0.321 e. The van der Waals surface area contributed by atoms with Crippen LogP contribution in [0.3, 0.4) is 0 Å². The number of carbonyl (C=O) groups is 2. The quantitative estimate of drug-likeness (QED) is 0.649. The molecule has 1 aromatic rings. The van der Waals surface area contributed by atoms with Gasteiger partial charge < -0.3 is 10.8 Å². The van der Waals surface area contributed by atoms with Crippen molar-refractivity contribution < 1.29 is 31.9 Å². The molecule has 0 saturated heterocycles. The van der Waals surface area contributed by atoms with Crippen LogP contribution < -0.4 is 10.5 Å². The van der Waals surface area contributed by atoms with Gasteiger partial charge in [-0.1, -0.05) is 0 Å². The molecule has 0 heterocycles. The molecule has 0 aliphatic heterocycles. The Hall–Kier alpha value is -2.07. The number of carboxylic acid groups (broad SMARTS) is 1. The van der Waals surface area contributed by atoms with Crippen molar-refractivity contribution >= 4 is 21.9 Å². The number of nitrogens with two attached hydrogens (primary N) is 1. The summed E-state index contributed by atoms with van der Waals surface area (Å²) in [5.41, 5.74) is 4.84. The third-order valence-electron chi connectivity index (χ3n) is 2.46. The fraction of sp³-hybridized carbons (Fsp3) is 0.273. The number of primary amides is 1. The van der Waals surface area contributed by atoms with Crippen molar-refractivity contribution in [1.29, 1.82) is 0 Å². The number of amides is 1. The Labute approximate surface area is 118 Å².